The van der Waals surface area contributed by atoms with Crippen LogP contribution in [0.25, 0.3) is 11.1 Å². The third kappa shape index (κ3) is 2.76. The fraction of sp³-hybridized carbons (Fsp3) is 0.0714. The Morgan fingerprint density at radius 3 is 2.05 bits per heavy atom. The molecule has 2 nitrogen and oxygen atoms in total. The molecule has 0 aliphatic carbocycles. The summed E-state index contributed by atoms with van der Waals surface area (Å²) < 4.78 is 38.6. The van der Waals surface area contributed by atoms with Crippen LogP contribution in [-0.2, 0) is 6.18 Å². The van der Waals surface area contributed by atoms with Gasteiger partial charge in [-0.25, -0.2) is 0 Å². The molecule has 0 saturated carbocycles. The highest BCUT2D eigenvalue weighted by Gasteiger charge is 2.33. The highest BCUT2D eigenvalue weighted by Crippen LogP contribution is 2.36. The molecule has 2 rings (SSSR count). The van der Waals surface area contributed by atoms with Crippen molar-refractivity contribution in [2.45, 2.75) is 6.18 Å². The average molecular weight is 265 g/mol. The lowest BCUT2D eigenvalue weighted by Gasteiger charge is -2.12. The van der Waals surface area contributed by atoms with Crippen molar-refractivity contribution in [3.63, 3.8) is 0 Å². The second-order valence-electron chi connectivity index (χ2n) is 3.98. The SMILES string of the molecule is NC(=O)c1ccc(-c2ccccc2C(F)(F)F)cc1. The minimum absolute atomic E-state index is 0.0750. The topological polar surface area (TPSA) is 43.1 Å². The second kappa shape index (κ2) is 4.76. The van der Waals surface area contributed by atoms with Gasteiger partial charge in [0.1, 0.15) is 0 Å². The number of primary amides is 1. The number of hydrogen-bond acceptors (Lipinski definition) is 1. The molecule has 0 aromatic heterocycles. The van der Waals surface area contributed by atoms with Gasteiger partial charge in [-0.3, -0.25) is 4.79 Å². The highest BCUT2D eigenvalue weighted by molar-refractivity contribution is 5.93. The average Bonchev–Trinajstić information content (AvgIpc) is 2.38. The van der Waals surface area contributed by atoms with Gasteiger partial charge in [0.15, 0.2) is 0 Å². The van der Waals surface area contributed by atoms with Gasteiger partial charge in [0, 0.05) is 5.56 Å². The largest absolute Gasteiger partial charge is 0.417 e. The number of rotatable bonds is 2. The molecule has 2 N–H and O–H groups in total. The Bertz CT molecular complexity index is 603. The minimum Gasteiger partial charge on any atom is -0.366 e. The van der Waals surface area contributed by atoms with Gasteiger partial charge >= 0.3 is 6.18 Å². The first-order valence-corrected chi connectivity index (χ1v) is 5.46. The zero-order valence-electron chi connectivity index (χ0n) is 9.74. The van der Waals surface area contributed by atoms with Crippen LogP contribution < -0.4 is 5.73 Å². The summed E-state index contributed by atoms with van der Waals surface area (Å²) in [6.45, 7) is 0. The van der Waals surface area contributed by atoms with Crippen molar-refractivity contribution in [1.29, 1.82) is 0 Å². The molecule has 0 spiro atoms. The number of nitrogens with two attached hydrogens (primary N) is 1. The quantitative estimate of drug-likeness (QED) is 0.887. The van der Waals surface area contributed by atoms with Crippen LogP contribution in [0.3, 0.4) is 0 Å². The fourth-order valence-corrected chi connectivity index (χ4v) is 1.80. The molecule has 0 radical (unpaired) electrons. The Labute approximate surface area is 107 Å². The van der Waals surface area contributed by atoms with Crippen molar-refractivity contribution in [2.24, 2.45) is 5.73 Å². The lowest BCUT2D eigenvalue weighted by Crippen LogP contribution is -2.10. The molecular weight excluding hydrogens is 255 g/mol. The number of carbonyl (C=O) groups excluding carboxylic acids is 1. The zero-order valence-corrected chi connectivity index (χ0v) is 9.74. The molecule has 0 heterocycles. The van der Waals surface area contributed by atoms with E-state index in [4.69, 9.17) is 5.73 Å². The molecule has 0 atom stereocenters. The van der Waals surface area contributed by atoms with Crippen LogP contribution in [0, 0.1) is 0 Å². The van der Waals surface area contributed by atoms with E-state index in [0.717, 1.165) is 6.07 Å². The van der Waals surface area contributed by atoms with E-state index in [1.54, 1.807) is 0 Å². The van der Waals surface area contributed by atoms with Gasteiger partial charge in [0.25, 0.3) is 0 Å². The Morgan fingerprint density at radius 1 is 0.947 bits per heavy atom. The molecule has 2 aromatic rings. The molecule has 0 bridgehead atoms. The van der Waals surface area contributed by atoms with Crippen LogP contribution in [0.5, 0.6) is 0 Å². The molecule has 5 heteroatoms. The normalized spacial score (nSPS) is 11.3. The van der Waals surface area contributed by atoms with E-state index in [-0.39, 0.29) is 11.1 Å². The van der Waals surface area contributed by atoms with Gasteiger partial charge in [-0.2, -0.15) is 13.2 Å². The minimum atomic E-state index is -4.42. The van der Waals surface area contributed by atoms with E-state index in [2.05, 4.69) is 0 Å². The summed E-state index contributed by atoms with van der Waals surface area (Å²) in [5.41, 5.74) is 5.10. The number of halogens is 3. The maximum atomic E-state index is 12.9. The lowest BCUT2D eigenvalue weighted by molar-refractivity contribution is -0.137. The molecule has 0 saturated heterocycles. The summed E-state index contributed by atoms with van der Waals surface area (Å²) in [6.07, 6.45) is -4.42. The molecule has 0 aliphatic heterocycles. The Kier molecular flexibility index (Phi) is 3.29. The number of alkyl halides is 3. The first-order chi connectivity index (χ1) is 8.89. The van der Waals surface area contributed by atoms with Crippen LogP contribution in [0.15, 0.2) is 48.5 Å². The third-order valence-corrected chi connectivity index (χ3v) is 2.71. The van der Waals surface area contributed by atoms with Crippen LogP contribution in [0.4, 0.5) is 13.2 Å². The molecule has 0 unspecified atom stereocenters. The smallest absolute Gasteiger partial charge is 0.366 e. The Balaban J connectivity index is 2.50. The van der Waals surface area contributed by atoms with E-state index in [9.17, 15) is 18.0 Å². The van der Waals surface area contributed by atoms with Gasteiger partial charge < -0.3 is 5.73 Å². The summed E-state index contributed by atoms with van der Waals surface area (Å²) >= 11 is 0. The van der Waals surface area contributed by atoms with Crippen LogP contribution in [0.2, 0.25) is 0 Å². The van der Waals surface area contributed by atoms with Gasteiger partial charge in [-0.1, -0.05) is 30.3 Å². The summed E-state index contributed by atoms with van der Waals surface area (Å²) in [7, 11) is 0. The molecule has 0 fully saturated rings. The summed E-state index contributed by atoms with van der Waals surface area (Å²) in [5.74, 6) is -0.615. The molecule has 98 valence electrons. The highest BCUT2D eigenvalue weighted by atomic mass is 19.4. The van der Waals surface area contributed by atoms with Crippen LogP contribution >= 0.6 is 0 Å². The second-order valence-corrected chi connectivity index (χ2v) is 3.98. The first-order valence-electron chi connectivity index (χ1n) is 5.46. The van der Waals surface area contributed by atoms with Crippen LogP contribution in [-0.4, -0.2) is 5.91 Å². The third-order valence-electron chi connectivity index (χ3n) is 2.71. The van der Waals surface area contributed by atoms with Crippen molar-refractivity contribution in [3.8, 4) is 11.1 Å². The Hall–Kier alpha value is -2.30. The molecular formula is C14H10F3NO. The monoisotopic (exact) mass is 265 g/mol. The van der Waals surface area contributed by atoms with E-state index in [1.165, 1.54) is 42.5 Å². The fourth-order valence-electron chi connectivity index (χ4n) is 1.80. The van der Waals surface area contributed by atoms with E-state index in [1.807, 2.05) is 0 Å². The van der Waals surface area contributed by atoms with Gasteiger partial charge in [-0.05, 0) is 29.3 Å². The van der Waals surface area contributed by atoms with Crippen molar-refractivity contribution in [3.05, 3.63) is 59.7 Å². The predicted molar refractivity (Wildman–Crippen MR) is 65.4 cm³/mol. The van der Waals surface area contributed by atoms with Crippen LogP contribution in [0.1, 0.15) is 15.9 Å². The van der Waals surface area contributed by atoms with Gasteiger partial charge in [0.2, 0.25) is 5.91 Å². The van der Waals surface area contributed by atoms with Crippen molar-refractivity contribution < 1.29 is 18.0 Å². The number of amides is 1. The number of carbonyl (C=O) groups is 1. The van der Waals surface area contributed by atoms with E-state index < -0.39 is 17.6 Å². The molecule has 0 aliphatic rings. The number of hydrogen-bond donors (Lipinski definition) is 1. The summed E-state index contributed by atoms with van der Waals surface area (Å²) in [4.78, 5) is 10.9. The van der Waals surface area contributed by atoms with Crippen molar-refractivity contribution >= 4 is 5.91 Å². The van der Waals surface area contributed by atoms with E-state index >= 15 is 0 Å². The molecule has 2 aromatic carbocycles. The molecule has 19 heavy (non-hydrogen) atoms. The van der Waals surface area contributed by atoms with E-state index in [0.29, 0.717) is 5.56 Å². The van der Waals surface area contributed by atoms with Gasteiger partial charge in [0.05, 0.1) is 5.56 Å². The van der Waals surface area contributed by atoms with Crippen molar-refractivity contribution in [1.82, 2.24) is 0 Å². The molecule has 1 amide bonds. The van der Waals surface area contributed by atoms with Gasteiger partial charge in [-0.15, -0.1) is 0 Å². The summed E-state index contributed by atoms with van der Waals surface area (Å²) in [6, 6.07) is 11.0. The van der Waals surface area contributed by atoms with Crippen molar-refractivity contribution in [2.75, 3.05) is 0 Å². The Morgan fingerprint density at radius 2 is 1.53 bits per heavy atom. The predicted octanol–water partition coefficient (Wildman–Crippen LogP) is 3.47. The zero-order chi connectivity index (χ0) is 14.0. The lowest BCUT2D eigenvalue weighted by atomic mass is 9.98. The maximum absolute atomic E-state index is 12.9. The first kappa shape index (κ1) is 13.1. The number of benzene rings is 2. The maximum Gasteiger partial charge on any atom is 0.417 e. The standard InChI is InChI=1S/C14H10F3NO/c15-14(16,17)12-4-2-1-3-11(12)9-5-7-10(8-6-9)13(18)19/h1-8H,(H2,18,19). The summed E-state index contributed by atoms with van der Waals surface area (Å²) in [5, 5.41) is 0.